The van der Waals surface area contributed by atoms with Crippen LogP contribution in [0, 0.1) is 24.0 Å². The van der Waals surface area contributed by atoms with Gasteiger partial charge in [-0.15, -0.1) is 0 Å². The number of nitro groups is 1. The van der Waals surface area contributed by atoms with E-state index in [1.807, 2.05) is 26.0 Å². The zero-order valence-electron chi connectivity index (χ0n) is 11.7. The first-order valence-electron chi connectivity index (χ1n) is 6.31. The lowest BCUT2D eigenvalue weighted by Gasteiger charge is -2.04. The van der Waals surface area contributed by atoms with Gasteiger partial charge in [-0.25, -0.2) is 0 Å². The van der Waals surface area contributed by atoms with Crippen LogP contribution in [0.2, 0.25) is 0 Å². The molecule has 0 radical (unpaired) electrons. The van der Waals surface area contributed by atoms with Gasteiger partial charge in [0.2, 0.25) is 0 Å². The lowest BCUT2D eigenvalue weighted by Crippen LogP contribution is -1.93. The number of benzene rings is 2. The van der Waals surface area contributed by atoms with Crippen molar-refractivity contribution in [2.45, 2.75) is 13.8 Å². The van der Waals surface area contributed by atoms with Crippen molar-refractivity contribution in [3.63, 3.8) is 0 Å². The highest BCUT2D eigenvalue weighted by atomic mass is 16.6. The van der Waals surface area contributed by atoms with E-state index in [9.17, 15) is 15.2 Å². The second-order valence-electron chi connectivity index (χ2n) is 4.68. The van der Waals surface area contributed by atoms with Crippen LogP contribution in [-0.4, -0.2) is 16.2 Å². The van der Waals surface area contributed by atoms with Crippen molar-refractivity contribution < 1.29 is 10.0 Å². The molecular weight excluding hydrogens is 270 g/mol. The van der Waals surface area contributed by atoms with Crippen molar-refractivity contribution in [1.29, 1.82) is 0 Å². The molecule has 0 atom stereocenters. The molecule has 2 aromatic carbocycles. The standard InChI is InChI=1S/C15H15N3O3/c1-10-7-12(8-11(2)15(10)19)9-16-17-13-3-5-14(6-4-13)18(20)21/h3-9,17,19H,1-2H3/b16-9+. The van der Waals surface area contributed by atoms with Crippen LogP contribution in [-0.2, 0) is 0 Å². The van der Waals surface area contributed by atoms with Crippen LogP contribution in [0.3, 0.4) is 0 Å². The van der Waals surface area contributed by atoms with E-state index < -0.39 is 4.92 Å². The second kappa shape index (κ2) is 6.04. The topological polar surface area (TPSA) is 87.8 Å². The summed E-state index contributed by atoms with van der Waals surface area (Å²) in [6, 6.07) is 9.64. The largest absolute Gasteiger partial charge is 0.507 e. The summed E-state index contributed by atoms with van der Waals surface area (Å²) in [5, 5.41) is 24.3. The maximum Gasteiger partial charge on any atom is 0.269 e. The van der Waals surface area contributed by atoms with Gasteiger partial charge >= 0.3 is 0 Å². The van der Waals surface area contributed by atoms with Gasteiger partial charge in [-0.1, -0.05) is 0 Å². The molecule has 2 aromatic rings. The number of hydrogen-bond acceptors (Lipinski definition) is 5. The van der Waals surface area contributed by atoms with Crippen LogP contribution < -0.4 is 5.43 Å². The Hall–Kier alpha value is -2.89. The number of nitro benzene ring substituents is 1. The average molecular weight is 285 g/mol. The Kier molecular flexibility index (Phi) is 4.18. The molecule has 6 nitrogen and oxygen atoms in total. The quantitative estimate of drug-likeness (QED) is 0.512. The van der Waals surface area contributed by atoms with Crippen molar-refractivity contribution in [2.75, 3.05) is 5.43 Å². The fraction of sp³-hybridized carbons (Fsp3) is 0.133. The number of aryl methyl sites for hydroxylation is 2. The number of non-ortho nitro benzene ring substituents is 1. The van der Waals surface area contributed by atoms with Gasteiger partial charge in [-0.05, 0) is 54.8 Å². The van der Waals surface area contributed by atoms with Crippen molar-refractivity contribution in [1.82, 2.24) is 0 Å². The van der Waals surface area contributed by atoms with E-state index >= 15 is 0 Å². The van der Waals surface area contributed by atoms with Gasteiger partial charge in [0, 0.05) is 12.1 Å². The molecule has 2 N–H and O–H groups in total. The summed E-state index contributed by atoms with van der Waals surface area (Å²) in [7, 11) is 0. The molecule has 0 saturated heterocycles. The summed E-state index contributed by atoms with van der Waals surface area (Å²) in [5.41, 5.74) is 5.92. The maximum atomic E-state index is 10.5. The molecule has 0 amide bonds. The van der Waals surface area contributed by atoms with Crippen molar-refractivity contribution in [3.05, 3.63) is 63.2 Å². The van der Waals surface area contributed by atoms with Crippen molar-refractivity contribution in [2.24, 2.45) is 5.10 Å². The smallest absolute Gasteiger partial charge is 0.269 e. The Morgan fingerprint density at radius 1 is 1.19 bits per heavy atom. The number of hydrogen-bond donors (Lipinski definition) is 2. The molecule has 0 aliphatic heterocycles. The van der Waals surface area contributed by atoms with Gasteiger partial charge in [-0.2, -0.15) is 5.10 Å². The van der Waals surface area contributed by atoms with Gasteiger partial charge in [-0.3, -0.25) is 15.5 Å². The predicted octanol–water partition coefficient (Wildman–Crippen LogP) is 3.36. The van der Waals surface area contributed by atoms with Crippen LogP contribution in [0.15, 0.2) is 41.5 Å². The Morgan fingerprint density at radius 2 is 1.76 bits per heavy atom. The molecule has 0 bridgehead atoms. The molecule has 6 heteroatoms. The minimum atomic E-state index is -0.449. The number of aromatic hydroxyl groups is 1. The number of phenolic OH excluding ortho intramolecular Hbond substituents is 1. The Bertz CT molecular complexity index is 671. The van der Waals surface area contributed by atoms with Crippen molar-refractivity contribution in [3.8, 4) is 5.75 Å². The summed E-state index contributed by atoms with van der Waals surface area (Å²) in [4.78, 5) is 10.1. The van der Waals surface area contributed by atoms with Gasteiger partial charge < -0.3 is 5.11 Å². The van der Waals surface area contributed by atoms with Crippen LogP contribution in [0.25, 0.3) is 0 Å². The van der Waals surface area contributed by atoms with Crippen molar-refractivity contribution >= 4 is 17.6 Å². The SMILES string of the molecule is Cc1cc(/C=N/Nc2ccc([N+](=O)[O-])cc2)cc(C)c1O. The van der Waals surface area contributed by atoms with E-state index in [0.717, 1.165) is 16.7 Å². The Balaban J connectivity index is 2.07. The van der Waals surface area contributed by atoms with Crippen LogP contribution in [0.4, 0.5) is 11.4 Å². The lowest BCUT2D eigenvalue weighted by molar-refractivity contribution is -0.384. The fourth-order valence-corrected chi connectivity index (χ4v) is 1.90. The van der Waals surface area contributed by atoms with Crippen LogP contribution >= 0.6 is 0 Å². The molecule has 0 saturated carbocycles. The summed E-state index contributed by atoms with van der Waals surface area (Å²) in [5.74, 6) is 0.287. The first-order chi connectivity index (χ1) is 9.97. The lowest BCUT2D eigenvalue weighted by atomic mass is 10.1. The first-order valence-corrected chi connectivity index (χ1v) is 6.31. The molecule has 0 spiro atoms. The predicted molar refractivity (Wildman–Crippen MR) is 81.9 cm³/mol. The number of anilines is 1. The summed E-state index contributed by atoms with van der Waals surface area (Å²) >= 11 is 0. The van der Waals surface area contributed by atoms with E-state index in [2.05, 4.69) is 10.5 Å². The zero-order valence-corrected chi connectivity index (χ0v) is 11.7. The number of phenols is 1. The molecule has 0 aliphatic carbocycles. The van der Waals surface area contributed by atoms with Crippen LogP contribution in [0.1, 0.15) is 16.7 Å². The molecule has 0 aliphatic rings. The van der Waals surface area contributed by atoms with E-state index in [-0.39, 0.29) is 11.4 Å². The van der Waals surface area contributed by atoms with Gasteiger partial charge in [0.05, 0.1) is 16.8 Å². The van der Waals surface area contributed by atoms with E-state index in [1.54, 1.807) is 18.3 Å². The van der Waals surface area contributed by atoms with Gasteiger partial charge in [0.25, 0.3) is 5.69 Å². The highest BCUT2D eigenvalue weighted by molar-refractivity contribution is 5.81. The highest BCUT2D eigenvalue weighted by Gasteiger charge is 2.03. The first kappa shape index (κ1) is 14.5. The fourth-order valence-electron chi connectivity index (χ4n) is 1.90. The zero-order chi connectivity index (χ0) is 15.4. The molecule has 2 rings (SSSR count). The molecular formula is C15H15N3O3. The summed E-state index contributed by atoms with van der Waals surface area (Å²) in [6.45, 7) is 3.65. The number of hydrazone groups is 1. The Labute approximate surface area is 121 Å². The minimum absolute atomic E-state index is 0.0364. The monoisotopic (exact) mass is 285 g/mol. The minimum Gasteiger partial charge on any atom is -0.507 e. The highest BCUT2D eigenvalue weighted by Crippen LogP contribution is 2.22. The van der Waals surface area contributed by atoms with Gasteiger partial charge in [0.1, 0.15) is 5.75 Å². The third kappa shape index (κ3) is 3.56. The number of nitrogens with one attached hydrogen (secondary N) is 1. The van der Waals surface area contributed by atoms with E-state index in [4.69, 9.17) is 0 Å². The third-order valence-electron chi connectivity index (χ3n) is 3.00. The number of rotatable bonds is 4. The second-order valence-corrected chi connectivity index (χ2v) is 4.68. The third-order valence-corrected chi connectivity index (χ3v) is 3.00. The Morgan fingerprint density at radius 3 is 2.29 bits per heavy atom. The summed E-state index contributed by atoms with van der Waals surface area (Å²) in [6.07, 6.45) is 1.63. The van der Waals surface area contributed by atoms with Crippen LogP contribution in [0.5, 0.6) is 5.75 Å². The number of nitrogens with zero attached hydrogens (tertiary/aromatic N) is 2. The maximum absolute atomic E-state index is 10.5. The normalized spacial score (nSPS) is 10.8. The van der Waals surface area contributed by atoms with E-state index in [1.165, 1.54) is 12.1 Å². The van der Waals surface area contributed by atoms with Gasteiger partial charge in [0.15, 0.2) is 0 Å². The van der Waals surface area contributed by atoms with E-state index in [0.29, 0.717) is 5.69 Å². The molecule has 21 heavy (non-hydrogen) atoms. The average Bonchev–Trinajstić information content (AvgIpc) is 2.45. The molecule has 0 heterocycles. The molecule has 0 aromatic heterocycles. The summed E-state index contributed by atoms with van der Waals surface area (Å²) < 4.78 is 0. The molecule has 0 fully saturated rings. The molecule has 108 valence electrons. The molecule has 0 unspecified atom stereocenters.